The Bertz CT molecular complexity index is 385. The highest BCUT2D eigenvalue weighted by Crippen LogP contribution is 2.29. The zero-order valence-electron chi connectivity index (χ0n) is 13.3. The van der Waals surface area contributed by atoms with Crippen molar-refractivity contribution in [2.24, 2.45) is 0 Å². The largest absolute Gasteiger partial charge is 0.307 e. The molecule has 0 saturated carbocycles. The summed E-state index contributed by atoms with van der Waals surface area (Å²) in [5.41, 5.74) is 3.13. The minimum atomic E-state index is 0.579. The van der Waals surface area contributed by atoms with Gasteiger partial charge in [-0.15, -0.1) is 0 Å². The van der Waals surface area contributed by atoms with Gasteiger partial charge in [-0.05, 0) is 43.7 Å². The maximum atomic E-state index is 3.89. The summed E-state index contributed by atoms with van der Waals surface area (Å²) >= 11 is 0. The van der Waals surface area contributed by atoms with Gasteiger partial charge in [-0.2, -0.15) is 0 Å². The van der Waals surface area contributed by atoms with E-state index >= 15 is 0 Å². The molecule has 1 aromatic carbocycles. The van der Waals surface area contributed by atoms with Gasteiger partial charge in [0.1, 0.15) is 0 Å². The van der Waals surface area contributed by atoms with Crippen molar-refractivity contribution in [3.05, 3.63) is 35.4 Å². The molecule has 0 bridgehead atoms. The number of aryl methyl sites for hydroxylation is 1. The summed E-state index contributed by atoms with van der Waals surface area (Å²) in [5.74, 6) is 0. The predicted octanol–water partition coefficient (Wildman–Crippen LogP) is 5.40. The first-order valence-corrected chi connectivity index (χ1v) is 8.65. The van der Waals surface area contributed by atoms with Gasteiger partial charge in [-0.3, -0.25) is 0 Å². The highest BCUT2D eigenvalue weighted by Gasteiger charge is 2.19. The summed E-state index contributed by atoms with van der Waals surface area (Å²) in [6.45, 7) is 4.64. The lowest BCUT2D eigenvalue weighted by Gasteiger charge is -2.24. The van der Waals surface area contributed by atoms with Crippen LogP contribution in [0.1, 0.15) is 82.4 Å². The second-order valence-electron chi connectivity index (χ2n) is 6.41. The normalized spacial score (nSPS) is 20.2. The van der Waals surface area contributed by atoms with Crippen LogP contribution in [-0.4, -0.2) is 6.04 Å². The van der Waals surface area contributed by atoms with E-state index in [-0.39, 0.29) is 0 Å². The van der Waals surface area contributed by atoms with Crippen LogP contribution in [0.2, 0.25) is 0 Å². The summed E-state index contributed by atoms with van der Waals surface area (Å²) in [5, 5.41) is 3.89. The summed E-state index contributed by atoms with van der Waals surface area (Å²) in [6, 6.07) is 10.3. The third kappa shape index (κ3) is 4.63. The van der Waals surface area contributed by atoms with E-state index in [1.54, 1.807) is 11.1 Å². The van der Waals surface area contributed by atoms with Crippen molar-refractivity contribution in [1.29, 1.82) is 0 Å². The van der Waals surface area contributed by atoms with Crippen LogP contribution in [0.4, 0.5) is 0 Å². The van der Waals surface area contributed by atoms with E-state index in [9.17, 15) is 0 Å². The first kappa shape index (κ1) is 15.6. The average Bonchev–Trinajstić information content (AvgIpc) is 2.67. The van der Waals surface area contributed by atoms with Crippen LogP contribution in [0, 0.1) is 0 Å². The fourth-order valence-electron chi connectivity index (χ4n) is 3.40. The number of rotatable bonds is 7. The highest BCUT2D eigenvalue weighted by atomic mass is 14.9. The second kappa shape index (κ2) is 8.46. The van der Waals surface area contributed by atoms with Gasteiger partial charge in [0.05, 0.1) is 0 Å². The number of unbranched alkanes of at least 4 members (excludes halogenated alkanes) is 3. The highest BCUT2D eigenvalue weighted by molar-refractivity contribution is 5.31. The standard InChI is InChI=1S/C19H31N/c1-3-4-5-6-11-16(2)20-19-15-10-8-13-17-12-7-9-14-18(17)19/h7,9,12,14,16,19-20H,3-6,8,10-11,13,15H2,1-2H3. The molecule has 1 nitrogen and oxygen atoms in total. The smallest absolute Gasteiger partial charge is 0.0325 e. The van der Waals surface area contributed by atoms with Crippen molar-refractivity contribution in [3.8, 4) is 0 Å². The molecule has 2 atom stereocenters. The number of benzene rings is 1. The summed E-state index contributed by atoms with van der Waals surface area (Å²) in [4.78, 5) is 0. The predicted molar refractivity (Wildman–Crippen MR) is 88.1 cm³/mol. The Balaban J connectivity index is 1.88. The van der Waals surface area contributed by atoms with E-state index in [2.05, 4.69) is 43.4 Å². The minimum absolute atomic E-state index is 0.579. The van der Waals surface area contributed by atoms with Crippen molar-refractivity contribution >= 4 is 0 Å². The van der Waals surface area contributed by atoms with Crippen LogP contribution in [0.5, 0.6) is 0 Å². The quantitative estimate of drug-likeness (QED) is 0.518. The minimum Gasteiger partial charge on any atom is -0.307 e. The molecule has 0 fully saturated rings. The molecule has 0 aliphatic heterocycles. The fourth-order valence-corrected chi connectivity index (χ4v) is 3.40. The molecule has 2 rings (SSSR count). The Kier molecular flexibility index (Phi) is 6.59. The monoisotopic (exact) mass is 273 g/mol. The van der Waals surface area contributed by atoms with Crippen LogP contribution in [0.25, 0.3) is 0 Å². The molecule has 0 aromatic heterocycles. The third-order valence-corrected chi connectivity index (χ3v) is 4.60. The molecule has 112 valence electrons. The molecule has 1 N–H and O–H groups in total. The molecule has 0 spiro atoms. The number of hydrogen-bond acceptors (Lipinski definition) is 1. The maximum absolute atomic E-state index is 3.89. The molecule has 1 aliphatic carbocycles. The number of fused-ring (bicyclic) bond motifs is 1. The lowest BCUT2D eigenvalue weighted by atomic mass is 9.98. The lowest BCUT2D eigenvalue weighted by molar-refractivity contribution is 0.402. The van der Waals surface area contributed by atoms with E-state index in [4.69, 9.17) is 0 Å². The van der Waals surface area contributed by atoms with Crippen LogP contribution < -0.4 is 5.32 Å². The SMILES string of the molecule is CCCCCCC(C)NC1CCCCc2ccccc21. The maximum Gasteiger partial charge on any atom is 0.0325 e. The molecule has 20 heavy (non-hydrogen) atoms. The van der Waals surface area contributed by atoms with Crippen LogP contribution in [-0.2, 0) is 6.42 Å². The molecule has 1 heteroatoms. The number of nitrogens with one attached hydrogen (secondary N) is 1. The second-order valence-corrected chi connectivity index (χ2v) is 6.41. The van der Waals surface area contributed by atoms with Gasteiger partial charge < -0.3 is 5.32 Å². The van der Waals surface area contributed by atoms with E-state index in [1.165, 1.54) is 57.8 Å². The Labute approximate surface area is 125 Å². The van der Waals surface area contributed by atoms with Crippen molar-refractivity contribution < 1.29 is 0 Å². The number of hydrogen-bond donors (Lipinski definition) is 1. The summed E-state index contributed by atoms with van der Waals surface area (Å²) < 4.78 is 0. The fraction of sp³-hybridized carbons (Fsp3) is 0.684. The van der Waals surface area contributed by atoms with Crippen molar-refractivity contribution in [3.63, 3.8) is 0 Å². The Morgan fingerprint density at radius 1 is 1.15 bits per heavy atom. The molecule has 1 aromatic rings. The molecule has 0 amide bonds. The van der Waals surface area contributed by atoms with Crippen molar-refractivity contribution in [1.82, 2.24) is 5.32 Å². The van der Waals surface area contributed by atoms with Gasteiger partial charge in [0, 0.05) is 12.1 Å². The van der Waals surface area contributed by atoms with Gasteiger partial charge in [-0.1, -0.05) is 63.3 Å². The first-order valence-electron chi connectivity index (χ1n) is 8.65. The Hall–Kier alpha value is -0.820. The molecule has 1 aliphatic rings. The van der Waals surface area contributed by atoms with Crippen LogP contribution >= 0.6 is 0 Å². The van der Waals surface area contributed by atoms with E-state index < -0.39 is 0 Å². The zero-order chi connectivity index (χ0) is 14.2. The van der Waals surface area contributed by atoms with Gasteiger partial charge in [0.25, 0.3) is 0 Å². The zero-order valence-corrected chi connectivity index (χ0v) is 13.3. The summed E-state index contributed by atoms with van der Waals surface area (Å²) in [7, 11) is 0. The molecule has 0 heterocycles. The third-order valence-electron chi connectivity index (χ3n) is 4.60. The van der Waals surface area contributed by atoms with Gasteiger partial charge in [0.2, 0.25) is 0 Å². The average molecular weight is 273 g/mol. The van der Waals surface area contributed by atoms with Crippen LogP contribution in [0.15, 0.2) is 24.3 Å². The van der Waals surface area contributed by atoms with Crippen molar-refractivity contribution in [2.75, 3.05) is 0 Å². The van der Waals surface area contributed by atoms with Gasteiger partial charge in [0.15, 0.2) is 0 Å². The Morgan fingerprint density at radius 2 is 2.00 bits per heavy atom. The van der Waals surface area contributed by atoms with Gasteiger partial charge in [-0.25, -0.2) is 0 Å². The van der Waals surface area contributed by atoms with E-state index in [0.717, 1.165) is 0 Å². The molecule has 2 unspecified atom stereocenters. The topological polar surface area (TPSA) is 12.0 Å². The van der Waals surface area contributed by atoms with Crippen molar-refractivity contribution in [2.45, 2.75) is 83.7 Å². The van der Waals surface area contributed by atoms with E-state index in [1.807, 2.05) is 0 Å². The molecule has 0 radical (unpaired) electrons. The van der Waals surface area contributed by atoms with Gasteiger partial charge >= 0.3 is 0 Å². The first-order chi connectivity index (χ1) is 9.81. The molecular formula is C19H31N. The molecule has 0 saturated heterocycles. The Morgan fingerprint density at radius 3 is 2.85 bits per heavy atom. The van der Waals surface area contributed by atoms with Crippen LogP contribution in [0.3, 0.4) is 0 Å². The summed E-state index contributed by atoms with van der Waals surface area (Å²) in [6.07, 6.45) is 12.1. The van der Waals surface area contributed by atoms with E-state index in [0.29, 0.717) is 12.1 Å². The lowest BCUT2D eigenvalue weighted by Crippen LogP contribution is -2.30. The molecular weight excluding hydrogens is 242 g/mol.